The fourth-order valence-corrected chi connectivity index (χ4v) is 6.59. The van der Waals surface area contributed by atoms with Gasteiger partial charge in [-0.1, -0.05) is 51.1 Å². The van der Waals surface area contributed by atoms with E-state index >= 15 is 0 Å². The maximum Gasteiger partial charge on any atom is 0.106 e. The summed E-state index contributed by atoms with van der Waals surface area (Å²) in [5.41, 5.74) is 0.159. The van der Waals surface area contributed by atoms with Crippen molar-refractivity contribution >= 4 is 10.8 Å². The molecule has 2 fully saturated rings. The van der Waals surface area contributed by atoms with Gasteiger partial charge in [0, 0.05) is 21.5 Å². The summed E-state index contributed by atoms with van der Waals surface area (Å²) in [6, 6.07) is 9.55. The summed E-state index contributed by atoms with van der Waals surface area (Å²) in [6.07, 6.45) is 5.20. The molecule has 0 heterocycles. The molecule has 0 spiro atoms. The SMILES string of the molecule is CC1(C)[C@H]2CC[C@]1(C)[C@@H](S(=O)/C=C/[C@@](C)(O)c1ccccc1)C2. The summed E-state index contributed by atoms with van der Waals surface area (Å²) in [7, 11) is -1.04. The van der Waals surface area contributed by atoms with Crippen LogP contribution in [0.15, 0.2) is 41.8 Å². The quantitative estimate of drug-likeness (QED) is 0.889. The lowest BCUT2D eigenvalue weighted by atomic mass is 9.71. The second-order valence-electron chi connectivity index (χ2n) is 8.24. The monoisotopic (exact) mass is 332 g/mol. The van der Waals surface area contributed by atoms with Crippen molar-refractivity contribution in [3.63, 3.8) is 0 Å². The molecule has 1 aromatic rings. The zero-order chi connectivity index (χ0) is 16.9. The van der Waals surface area contributed by atoms with E-state index in [2.05, 4.69) is 20.8 Å². The minimum absolute atomic E-state index is 0.144. The predicted molar refractivity (Wildman–Crippen MR) is 96.3 cm³/mol. The Balaban J connectivity index is 1.78. The molecule has 23 heavy (non-hydrogen) atoms. The summed E-state index contributed by atoms with van der Waals surface area (Å²) in [4.78, 5) is 0. The molecule has 3 heteroatoms. The molecular formula is C20H28O2S. The average Bonchev–Trinajstić information content (AvgIpc) is 2.86. The predicted octanol–water partition coefficient (Wildman–Crippen LogP) is 4.37. The number of benzene rings is 1. The fourth-order valence-electron chi connectivity index (χ4n) is 4.65. The second kappa shape index (κ2) is 5.56. The van der Waals surface area contributed by atoms with Crippen LogP contribution in [0.4, 0.5) is 0 Å². The highest BCUT2D eigenvalue weighted by Gasteiger charge is 2.62. The standard InChI is InChI=1S/C20H28O2S/c1-18(2)16-10-11-19(18,3)17(14-16)23(22)13-12-20(4,21)15-8-6-5-7-9-15/h5-9,12-13,16-17,21H,10-11,14H2,1-4H3/b13-12+/t16-,17-,19+,20+,23?/m0/s1. The molecule has 0 amide bonds. The van der Waals surface area contributed by atoms with E-state index < -0.39 is 16.4 Å². The summed E-state index contributed by atoms with van der Waals surface area (Å²) in [6.45, 7) is 8.74. The van der Waals surface area contributed by atoms with E-state index in [0.29, 0.717) is 5.92 Å². The van der Waals surface area contributed by atoms with Gasteiger partial charge in [0.25, 0.3) is 0 Å². The zero-order valence-electron chi connectivity index (χ0n) is 14.6. The van der Waals surface area contributed by atoms with E-state index in [1.54, 1.807) is 18.4 Å². The van der Waals surface area contributed by atoms with Crippen molar-refractivity contribution in [1.29, 1.82) is 0 Å². The molecule has 2 aliphatic rings. The van der Waals surface area contributed by atoms with Gasteiger partial charge in [0.2, 0.25) is 0 Å². The number of hydrogen-bond donors (Lipinski definition) is 1. The van der Waals surface area contributed by atoms with Crippen LogP contribution in [0.1, 0.15) is 52.5 Å². The molecule has 3 rings (SSSR count). The maximum atomic E-state index is 12.9. The van der Waals surface area contributed by atoms with Crippen LogP contribution in [-0.4, -0.2) is 14.6 Å². The lowest BCUT2D eigenvalue weighted by molar-refractivity contribution is 0.111. The lowest BCUT2D eigenvalue weighted by Crippen LogP contribution is -2.37. The Hall–Kier alpha value is -0.930. The van der Waals surface area contributed by atoms with Crippen molar-refractivity contribution < 1.29 is 9.32 Å². The van der Waals surface area contributed by atoms with Crippen LogP contribution < -0.4 is 0 Å². The molecule has 2 bridgehead atoms. The third kappa shape index (κ3) is 2.62. The minimum Gasteiger partial charge on any atom is -0.381 e. The molecule has 1 N–H and O–H groups in total. The van der Waals surface area contributed by atoms with Crippen molar-refractivity contribution in [1.82, 2.24) is 0 Å². The molecular weight excluding hydrogens is 304 g/mol. The number of aliphatic hydroxyl groups is 1. The average molecular weight is 333 g/mol. The molecule has 2 nitrogen and oxygen atoms in total. The smallest absolute Gasteiger partial charge is 0.106 e. The molecule has 5 atom stereocenters. The highest BCUT2D eigenvalue weighted by Crippen LogP contribution is 2.66. The maximum absolute atomic E-state index is 12.9. The van der Waals surface area contributed by atoms with Crippen LogP contribution in [0.2, 0.25) is 0 Å². The van der Waals surface area contributed by atoms with Crippen LogP contribution in [-0.2, 0) is 16.4 Å². The molecule has 0 saturated heterocycles. The first-order valence-corrected chi connectivity index (χ1v) is 9.83. The van der Waals surface area contributed by atoms with E-state index in [0.717, 1.165) is 12.0 Å². The summed E-state index contributed by atoms with van der Waals surface area (Å²) < 4.78 is 12.9. The molecule has 2 saturated carbocycles. The third-order valence-corrected chi connectivity index (χ3v) is 8.56. The highest BCUT2D eigenvalue weighted by atomic mass is 32.2. The van der Waals surface area contributed by atoms with E-state index in [9.17, 15) is 9.32 Å². The highest BCUT2D eigenvalue weighted by molar-refractivity contribution is 7.88. The van der Waals surface area contributed by atoms with E-state index in [4.69, 9.17) is 0 Å². The normalized spacial score (nSPS) is 36.2. The lowest BCUT2D eigenvalue weighted by Gasteiger charge is -2.38. The van der Waals surface area contributed by atoms with Gasteiger partial charge < -0.3 is 5.11 Å². The van der Waals surface area contributed by atoms with Gasteiger partial charge in [-0.15, -0.1) is 0 Å². The van der Waals surface area contributed by atoms with E-state index in [1.165, 1.54) is 12.8 Å². The van der Waals surface area contributed by atoms with Crippen molar-refractivity contribution in [2.45, 2.75) is 57.8 Å². The van der Waals surface area contributed by atoms with E-state index in [-0.39, 0.29) is 16.1 Å². The first-order valence-electron chi connectivity index (χ1n) is 8.55. The molecule has 0 radical (unpaired) electrons. The van der Waals surface area contributed by atoms with Gasteiger partial charge in [0.15, 0.2) is 0 Å². The molecule has 0 aliphatic heterocycles. The Kier molecular flexibility index (Phi) is 4.09. The van der Waals surface area contributed by atoms with Gasteiger partial charge >= 0.3 is 0 Å². The second-order valence-corrected chi connectivity index (χ2v) is 9.74. The Labute approximate surface area is 142 Å². The summed E-state index contributed by atoms with van der Waals surface area (Å²) >= 11 is 0. The molecule has 126 valence electrons. The van der Waals surface area contributed by atoms with Crippen LogP contribution in [0.5, 0.6) is 0 Å². The molecule has 2 aliphatic carbocycles. The van der Waals surface area contributed by atoms with Crippen LogP contribution >= 0.6 is 0 Å². The van der Waals surface area contributed by atoms with E-state index in [1.807, 2.05) is 30.3 Å². The van der Waals surface area contributed by atoms with Crippen molar-refractivity contribution in [2.75, 3.05) is 0 Å². The number of hydrogen-bond acceptors (Lipinski definition) is 2. The van der Waals surface area contributed by atoms with Gasteiger partial charge in [-0.25, -0.2) is 0 Å². The Morgan fingerprint density at radius 3 is 2.43 bits per heavy atom. The van der Waals surface area contributed by atoms with Crippen molar-refractivity contribution in [3.05, 3.63) is 47.4 Å². The first-order chi connectivity index (χ1) is 10.7. The van der Waals surface area contributed by atoms with Crippen molar-refractivity contribution in [2.24, 2.45) is 16.7 Å². The zero-order valence-corrected chi connectivity index (χ0v) is 15.4. The number of fused-ring (bicyclic) bond motifs is 2. The van der Waals surface area contributed by atoms with Crippen molar-refractivity contribution in [3.8, 4) is 0 Å². The Morgan fingerprint density at radius 2 is 1.91 bits per heavy atom. The van der Waals surface area contributed by atoms with Crippen LogP contribution in [0.3, 0.4) is 0 Å². The molecule has 1 unspecified atom stereocenters. The molecule has 0 aromatic heterocycles. The van der Waals surface area contributed by atoms with Gasteiger partial charge in [-0.3, -0.25) is 4.21 Å². The first kappa shape index (κ1) is 16.9. The minimum atomic E-state index is -1.08. The van der Waals surface area contributed by atoms with Gasteiger partial charge in [-0.05, 0) is 54.6 Å². The number of rotatable bonds is 4. The van der Waals surface area contributed by atoms with Gasteiger partial charge in [-0.2, -0.15) is 0 Å². The van der Waals surface area contributed by atoms with Gasteiger partial charge in [0.1, 0.15) is 5.60 Å². The van der Waals surface area contributed by atoms with Crippen LogP contribution in [0.25, 0.3) is 0 Å². The van der Waals surface area contributed by atoms with Crippen LogP contribution in [0, 0.1) is 16.7 Å². The Bertz CT molecular complexity index is 632. The summed E-state index contributed by atoms with van der Waals surface area (Å²) in [5.74, 6) is 0.685. The Morgan fingerprint density at radius 1 is 1.26 bits per heavy atom. The topological polar surface area (TPSA) is 37.3 Å². The van der Waals surface area contributed by atoms with Gasteiger partial charge in [0.05, 0.1) is 0 Å². The summed E-state index contributed by atoms with van der Waals surface area (Å²) in [5, 5.41) is 12.6. The fraction of sp³-hybridized carbons (Fsp3) is 0.600. The largest absolute Gasteiger partial charge is 0.381 e. The third-order valence-electron chi connectivity index (χ3n) is 6.88. The molecule has 1 aromatic carbocycles.